The van der Waals surface area contributed by atoms with Gasteiger partial charge in [0, 0.05) is 10.4 Å². The number of fused-ring (bicyclic) bond motifs is 1. The summed E-state index contributed by atoms with van der Waals surface area (Å²) in [7, 11) is -3.81. The molecule has 0 bridgehead atoms. The summed E-state index contributed by atoms with van der Waals surface area (Å²) in [4.78, 5) is 4.60. The van der Waals surface area contributed by atoms with Crippen LogP contribution in [0.5, 0.6) is 0 Å². The number of hydrogen-bond acceptors (Lipinski definition) is 4. The van der Waals surface area contributed by atoms with Crippen LogP contribution in [0, 0.1) is 0 Å². The molecule has 0 spiro atoms. The molecule has 27 heavy (non-hydrogen) atoms. The zero-order valence-corrected chi connectivity index (χ0v) is 15.6. The Morgan fingerprint density at radius 2 is 1.56 bits per heavy atom. The van der Waals surface area contributed by atoms with Crippen molar-refractivity contribution in [3.63, 3.8) is 0 Å². The molecule has 0 aliphatic rings. The lowest BCUT2D eigenvalue weighted by Crippen LogP contribution is -2.15. The molecule has 1 heterocycles. The van der Waals surface area contributed by atoms with Crippen molar-refractivity contribution >= 4 is 38.1 Å². The summed E-state index contributed by atoms with van der Waals surface area (Å²) in [5.74, 6) is 0. The van der Waals surface area contributed by atoms with Gasteiger partial charge in [-0.25, -0.2) is 13.4 Å². The summed E-state index contributed by atoms with van der Waals surface area (Å²) in [6.07, 6.45) is 0. The van der Waals surface area contributed by atoms with Crippen LogP contribution < -0.4 is 5.55 Å². The van der Waals surface area contributed by atoms with Crippen LogP contribution in [0.1, 0.15) is 0 Å². The number of sulfone groups is 1. The maximum atomic E-state index is 13.2. The van der Waals surface area contributed by atoms with Crippen molar-refractivity contribution < 1.29 is 12.8 Å². The molecule has 0 saturated heterocycles. The van der Waals surface area contributed by atoms with Crippen LogP contribution in [0.25, 0.3) is 11.0 Å². The Kier molecular flexibility index (Phi) is 4.56. The van der Waals surface area contributed by atoms with Crippen molar-refractivity contribution in [2.45, 2.75) is 9.79 Å². The number of benzene rings is 3. The number of rotatable bonds is 3. The van der Waals surface area contributed by atoms with Gasteiger partial charge in [-0.2, -0.15) is 0 Å². The Hall–Kier alpha value is -2.89. The standard InChI is InChI=1S/C21H14ClNO3S/c22-16-8-6-9-17(14-16)23-21-20(13-15-7-4-5-12-19(15)26-21)27(24,25)18-10-2-1-3-11-18/h1-14H. The Morgan fingerprint density at radius 1 is 0.815 bits per heavy atom. The molecule has 0 saturated carbocycles. The molecule has 0 atom stereocenters. The third kappa shape index (κ3) is 3.52. The van der Waals surface area contributed by atoms with E-state index in [4.69, 9.17) is 16.0 Å². The van der Waals surface area contributed by atoms with E-state index >= 15 is 0 Å². The second kappa shape index (κ2) is 7.02. The Bertz CT molecular complexity index is 1300. The van der Waals surface area contributed by atoms with E-state index < -0.39 is 9.84 Å². The average molecular weight is 396 g/mol. The molecule has 0 N–H and O–H groups in total. The van der Waals surface area contributed by atoms with Gasteiger partial charge in [-0.05, 0) is 42.5 Å². The van der Waals surface area contributed by atoms with Gasteiger partial charge in [0.15, 0.2) is 0 Å². The maximum absolute atomic E-state index is 13.2. The van der Waals surface area contributed by atoms with Crippen LogP contribution in [-0.2, 0) is 9.84 Å². The highest BCUT2D eigenvalue weighted by Crippen LogP contribution is 2.23. The van der Waals surface area contributed by atoms with Gasteiger partial charge in [-0.15, -0.1) is 0 Å². The Morgan fingerprint density at radius 3 is 2.33 bits per heavy atom. The minimum Gasteiger partial charge on any atom is -0.437 e. The fraction of sp³-hybridized carbons (Fsp3) is 0. The van der Waals surface area contributed by atoms with Crippen molar-refractivity contribution in [3.8, 4) is 0 Å². The quantitative estimate of drug-likeness (QED) is 0.482. The van der Waals surface area contributed by atoms with Gasteiger partial charge in [0.1, 0.15) is 10.5 Å². The van der Waals surface area contributed by atoms with Gasteiger partial charge >= 0.3 is 0 Å². The molecule has 0 radical (unpaired) electrons. The SMILES string of the molecule is O=S(=O)(c1ccccc1)c1cc2ccccc2oc1=Nc1cccc(Cl)c1. The number of halogens is 1. The van der Waals surface area contributed by atoms with Gasteiger partial charge in [-0.1, -0.05) is 54.1 Å². The van der Waals surface area contributed by atoms with Crippen LogP contribution in [0.3, 0.4) is 0 Å². The normalized spacial score (nSPS) is 12.4. The van der Waals surface area contributed by atoms with Crippen LogP contribution in [0.2, 0.25) is 5.02 Å². The Balaban J connectivity index is 2.04. The molecular weight excluding hydrogens is 382 g/mol. The molecule has 0 aliphatic heterocycles. The van der Waals surface area contributed by atoms with E-state index in [1.807, 2.05) is 12.1 Å². The lowest BCUT2D eigenvalue weighted by atomic mass is 10.2. The number of nitrogens with zero attached hydrogens (tertiary/aromatic N) is 1. The summed E-state index contributed by atoms with van der Waals surface area (Å²) in [5, 5.41) is 1.18. The molecule has 4 aromatic rings. The van der Waals surface area contributed by atoms with Crippen molar-refractivity contribution in [2.75, 3.05) is 0 Å². The first-order chi connectivity index (χ1) is 13.0. The predicted molar refractivity (Wildman–Crippen MR) is 105 cm³/mol. The smallest absolute Gasteiger partial charge is 0.239 e. The van der Waals surface area contributed by atoms with Gasteiger partial charge in [-0.3, -0.25) is 0 Å². The second-order valence-electron chi connectivity index (χ2n) is 5.86. The number of hydrogen-bond donors (Lipinski definition) is 0. The highest BCUT2D eigenvalue weighted by molar-refractivity contribution is 7.91. The third-order valence-electron chi connectivity index (χ3n) is 4.00. The molecule has 0 aliphatic carbocycles. The van der Waals surface area contributed by atoms with Crippen molar-refractivity contribution in [3.05, 3.63) is 95.5 Å². The highest BCUT2D eigenvalue weighted by atomic mass is 35.5. The first-order valence-electron chi connectivity index (χ1n) is 8.17. The summed E-state index contributed by atoms with van der Waals surface area (Å²) in [6, 6.07) is 23.9. The minimum absolute atomic E-state index is 0.00683. The lowest BCUT2D eigenvalue weighted by molar-refractivity contribution is 0.517. The third-order valence-corrected chi connectivity index (χ3v) is 6.00. The molecule has 4 rings (SSSR count). The first kappa shape index (κ1) is 17.5. The van der Waals surface area contributed by atoms with Crippen LogP contribution in [0.4, 0.5) is 5.69 Å². The fourth-order valence-electron chi connectivity index (χ4n) is 2.71. The molecule has 6 heteroatoms. The van der Waals surface area contributed by atoms with E-state index in [0.717, 1.165) is 0 Å². The first-order valence-corrected chi connectivity index (χ1v) is 10.0. The van der Waals surface area contributed by atoms with Crippen molar-refractivity contribution in [2.24, 2.45) is 4.99 Å². The van der Waals surface area contributed by atoms with Gasteiger partial charge in [0.2, 0.25) is 15.4 Å². The van der Waals surface area contributed by atoms with E-state index in [-0.39, 0.29) is 15.3 Å². The van der Waals surface area contributed by atoms with Gasteiger partial charge in [0.25, 0.3) is 0 Å². The fourth-order valence-corrected chi connectivity index (χ4v) is 4.26. The van der Waals surface area contributed by atoms with E-state index in [0.29, 0.717) is 21.7 Å². The minimum atomic E-state index is -3.81. The molecule has 0 unspecified atom stereocenters. The van der Waals surface area contributed by atoms with Crippen LogP contribution in [0.15, 0.2) is 104 Å². The molecule has 0 fully saturated rings. The van der Waals surface area contributed by atoms with E-state index in [9.17, 15) is 8.42 Å². The summed E-state index contributed by atoms with van der Waals surface area (Å²) in [6.45, 7) is 0. The predicted octanol–water partition coefficient (Wildman–Crippen LogP) is 5.15. The Labute approximate surface area is 161 Å². The van der Waals surface area contributed by atoms with Gasteiger partial charge in [0.05, 0.1) is 10.6 Å². The van der Waals surface area contributed by atoms with Gasteiger partial charge < -0.3 is 4.42 Å². The lowest BCUT2D eigenvalue weighted by Gasteiger charge is -2.07. The summed E-state index contributed by atoms with van der Waals surface area (Å²) >= 11 is 6.02. The molecular formula is C21H14ClNO3S. The van der Waals surface area contributed by atoms with E-state index in [2.05, 4.69) is 4.99 Å². The second-order valence-corrected chi connectivity index (χ2v) is 8.22. The highest BCUT2D eigenvalue weighted by Gasteiger charge is 2.22. The summed E-state index contributed by atoms with van der Waals surface area (Å²) in [5.41, 5.74) is 1.07. The average Bonchev–Trinajstić information content (AvgIpc) is 2.68. The molecule has 134 valence electrons. The monoisotopic (exact) mass is 395 g/mol. The maximum Gasteiger partial charge on any atom is 0.239 e. The molecule has 4 nitrogen and oxygen atoms in total. The van der Waals surface area contributed by atoms with Crippen molar-refractivity contribution in [1.29, 1.82) is 0 Å². The topological polar surface area (TPSA) is 59.6 Å². The zero-order chi connectivity index (χ0) is 18.9. The summed E-state index contributed by atoms with van der Waals surface area (Å²) < 4.78 is 32.3. The molecule has 0 amide bonds. The van der Waals surface area contributed by atoms with Crippen LogP contribution in [-0.4, -0.2) is 8.42 Å². The van der Waals surface area contributed by atoms with Crippen molar-refractivity contribution in [1.82, 2.24) is 0 Å². The largest absolute Gasteiger partial charge is 0.437 e. The van der Waals surface area contributed by atoms with E-state index in [1.54, 1.807) is 72.8 Å². The number of para-hydroxylation sites is 1. The molecule has 1 aromatic heterocycles. The van der Waals surface area contributed by atoms with E-state index in [1.165, 1.54) is 0 Å². The zero-order valence-electron chi connectivity index (χ0n) is 14.0. The molecule has 3 aromatic carbocycles. The van der Waals surface area contributed by atoms with Crippen LogP contribution >= 0.6 is 11.6 Å².